The number of rotatable bonds is 7. The molecular formula is C26H24N2O5S. The van der Waals surface area contributed by atoms with E-state index in [1.165, 1.54) is 11.3 Å². The zero-order valence-corrected chi connectivity index (χ0v) is 19.2. The van der Waals surface area contributed by atoms with Gasteiger partial charge in [0.15, 0.2) is 5.78 Å². The van der Waals surface area contributed by atoms with Crippen LogP contribution in [0.15, 0.2) is 66.0 Å². The molecular weight excluding hydrogens is 452 g/mol. The molecule has 3 unspecified atom stereocenters. The molecule has 1 aromatic heterocycles. The van der Waals surface area contributed by atoms with Crippen molar-refractivity contribution in [2.45, 2.75) is 30.9 Å². The fourth-order valence-electron chi connectivity index (χ4n) is 4.74. The lowest BCUT2D eigenvalue weighted by Crippen LogP contribution is -2.44. The molecule has 7 nitrogen and oxygen atoms in total. The smallest absolute Gasteiger partial charge is 0.249 e. The topological polar surface area (TPSA) is 98.9 Å². The summed E-state index contributed by atoms with van der Waals surface area (Å²) in [4.78, 5) is 41.4. The average Bonchev–Trinajstić information content (AvgIpc) is 3.58. The Morgan fingerprint density at radius 1 is 1.12 bits per heavy atom. The van der Waals surface area contributed by atoms with Crippen LogP contribution in [0.1, 0.15) is 33.1 Å². The zero-order chi connectivity index (χ0) is 23.7. The maximum Gasteiger partial charge on any atom is 0.249 e. The van der Waals surface area contributed by atoms with Gasteiger partial charge in [-0.15, -0.1) is 11.3 Å². The number of primary amides is 1. The van der Waals surface area contributed by atoms with Gasteiger partial charge < -0.3 is 20.1 Å². The van der Waals surface area contributed by atoms with Crippen LogP contribution in [0.25, 0.3) is 0 Å². The van der Waals surface area contributed by atoms with Crippen molar-refractivity contribution >= 4 is 28.9 Å². The third kappa shape index (κ3) is 4.34. The van der Waals surface area contributed by atoms with E-state index < -0.39 is 17.9 Å². The number of carbonyl (C=O) groups is 3. The number of hydrogen-bond acceptors (Lipinski definition) is 6. The molecule has 3 heterocycles. The summed E-state index contributed by atoms with van der Waals surface area (Å²) in [6.45, 7) is 0.467. The minimum absolute atomic E-state index is 0.0294. The number of nitrogens with two attached hydrogens (primary N) is 1. The van der Waals surface area contributed by atoms with E-state index in [-0.39, 0.29) is 30.0 Å². The zero-order valence-electron chi connectivity index (χ0n) is 18.4. The molecule has 3 atom stereocenters. The van der Waals surface area contributed by atoms with Gasteiger partial charge in [0.05, 0.1) is 12.0 Å². The minimum Gasteiger partial charge on any atom is -0.457 e. The van der Waals surface area contributed by atoms with Gasteiger partial charge in [0.2, 0.25) is 11.8 Å². The number of para-hydroxylation sites is 1. The van der Waals surface area contributed by atoms with Gasteiger partial charge in [-0.3, -0.25) is 14.4 Å². The second-order valence-corrected chi connectivity index (χ2v) is 9.48. The SMILES string of the molecule is NC(=O)c1ccc(Oc2ccccc2)cc1C(Cc1cccs1)C(=O)N1CCC2OCC(=O)C21. The summed E-state index contributed by atoms with van der Waals surface area (Å²) in [5.41, 5.74) is 6.47. The summed E-state index contributed by atoms with van der Waals surface area (Å²) >= 11 is 1.54. The van der Waals surface area contributed by atoms with Crippen LogP contribution in [-0.2, 0) is 20.7 Å². The Morgan fingerprint density at radius 2 is 1.94 bits per heavy atom. The maximum absolute atomic E-state index is 13.9. The van der Waals surface area contributed by atoms with Gasteiger partial charge in [0, 0.05) is 17.0 Å². The van der Waals surface area contributed by atoms with Crippen molar-refractivity contribution in [3.05, 3.63) is 82.0 Å². The van der Waals surface area contributed by atoms with Crippen LogP contribution in [0.5, 0.6) is 11.5 Å². The van der Waals surface area contributed by atoms with Gasteiger partial charge in [-0.05, 0) is 60.2 Å². The van der Waals surface area contributed by atoms with Gasteiger partial charge in [0.1, 0.15) is 24.1 Å². The number of thiophene rings is 1. The van der Waals surface area contributed by atoms with E-state index in [1.54, 1.807) is 23.1 Å². The standard InChI is InChI=1S/C26H24N2O5S/c27-25(30)19-9-8-17(33-16-5-2-1-3-6-16)13-20(19)21(14-18-7-4-12-34-18)26(31)28-11-10-23-24(28)22(29)15-32-23/h1-9,12-13,21,23-24H,10-11,14-15H2,(H2,27,30). The summed E-state index contributed by atoms with van der Waals surface area (Å²) in [6.07, 6.45) is 0.740. The summed E-state index contributed by atoms with van der Waals surface area (Å²) in [7, 11) is 0. The van der Waals surface area contributed by atoms with Crippen LogP contribution in [0.4, 0.5) is 0 Å². The van der Waals surface area contributed by atoms with E-state index in [9.17, 15) is 14.4 Å². The fraction of sp³-hybridized carbons (Fsp3) is 0.269. The predicted octanol–water partition coefficient (Wildman–Crippen LogP) is 3.53. The molecule has 34 heavy (non-hydrogen) atoms. The van der Waals surface area contributed by atoms with Crippen molar-refractivity contribution in [2.75, 3.05) is 13.2 Å². The van der Waals surface area contributed by atoms with Gasteiger partial charge in [-0.25, -0.2) is 0 Å². The molecule has 0 spiro atoms. The lowest BCUT2D eigenvalue weighted by Gasteiger charge is -2.28. The van der Waals surface area contributed by atoms with Crippen molar-refractivity contribution in [1.82, 2.24) is 4.90 Å². The molecule has 8 heteroatoms. The fourth-order valence-corrected chi connectivity index (χ4v) is 5.50. The Labute approximate surface area is 201 Å². The summed E-state index contributed by atoms with van der Waals surface area (Å²) in [5.74, 6) is -0.481. The van der Waals surface area contributed by atoms with Crippen molar-refractivity contribution in [1.29, 1.82) is 0 Å². The Morgan fingerprint density at radius 3 is 2.68 bits per heavy atom. The van der Waals surface area contributed by atoms with E-state index >= 15 is 0 Å². The number of fused-ring (bicyclic) bond motifs is 1. The number of benzene rings is 2. The normalized spacial score (nSPS) is 20.2. The second-order valence-electron chi connectivity index (χ2n) is 8.45. The first kappa shape index (κ1) is 22.3. The number of carbonyl (C=O) groups excluding carboxylic acids is 3. The number of Topliss-reactive ketones (excluding diaryl/α,β-unsaturated/α-hetero) is 1. The number of amides is 2. The van der Waals surface area contributed by atoms with Crippen LogP contribution in [0, 0.1) is 0 Å². The lowest BCUT2D eigenvalue weighted by molar-refractivity contribution is -0.137. The molecule has 2 amide bonds. The highest BCUT2D eigenvalue weighted by molar-refractivity contribution is 7.09. The first-order valence-corrected chi connectivity index (χ1v) is 12.0. The van der Waals surface area contributed by atoms with E-state index in [4.69, 9.17) is 15.2 Å². The minimum atomic E-state index is -0.701. The van der Waals surface area contributed by atoms with Crippen LogP contribution in [0.3, 0.4) is 0 Å². The largest absolute Gasteiger partial charge is 0.457 e. The Bertz CT molecular complexity index is 1210. The third-order valence-corrected chi connectivity index (χ3v) is 7.22. The first-order chi connectivity index (χ1) is 16.5. The molecule has 2 aliphatic heterocycles. The molecule has 2 N–H and O–H groups in total. The molecule has 0 bridgehead atoms. The van der Waals surface area contributed by atoms with E-state index in [2.05, 4.69) is 0 Å². The van der Waals surface area contributed by atoms with Crippen LogP contribution in [0.2, 0.25) is 0 Å². The molecule has 0 radical (unpaired) electrons. The Hall–Kier alpha value is -3.49. The van der Waals surface area contributed by atoms with E-state index in [0.29, 0.717) is 36.4 Å². The number of likely N-dealkylation sites (tertiary alicyclic amines) is 1. The molecule has 2 aliphatic rings. The number of hydrogen-bond donors (Lipinski definition) is 1. The van der Waals surface area contributed by atoms with Crippen LogP contribution < -0.4 is 10.5 Å². The molecule has 174 valence electrons. The first-order valence-electron chi connectivity index (χ1n) is 11.1. The molecule has 0 aliphatic carbocycles. The predicted molar refractivity (Wildman–Crippen MR) is 127 cm³/mol. The Kier molecular flexibility index (Phi) is 6.17. The molecule has 2 fully saturated rings. The van der Waals surface area contributed by atoms with Crippen molar-refractivity contribution < 1.29 is 23.9 Å². The highest BCUT2D eigenvalue weighted by Gasteiger charge is 2.48. The number of nitrogens with zero attached hydrogens (tertiary/aromatic N) is 1. The quantitative estimate of drug-likeness (QED) is 0.562. The number of ketones is 1. The van der Waals surface area contributed by atoms with Gasteiger partial charge >= 0.3 is 0 Å². The average molecular weight is 477 g/mol. The van der Waals surface area contributed by atoms with E-state index in [1.807, 2.05) is 47.8 Å². The number of ether oxygens (including phenoxy) is 2. The Balaban J connectivity index is 1.54. The molecule has 2 aromatic carbocycles. The van der Waals surface area contributed by atoms with Gasteiger partial charge in [-0.1, -0.05) is 24.3 Å². The second kappa shape index (κ2) is 9.40. The maximum atomic E-state index is 13.9. The molecule has 5 rings (SSSR count). The van der Waals surface area contributed by atoms with Crippen LogP contribution >= 0.6 is 11.3 Å². The van der Waals surface area contributed by atoms with Crippen molar-refractivity contribution in [3.8, 4) is 11.5 Å². The van der Waals surface area contributed by atoms with Gasteiger partial charge in [-0.2, -0.15) is 0 Å². The highest BCUT2D eigenvalue weighted by Crippen LogP contribution is 2.36. The lowest BCUT2D eigenvalue weighted by atomic mass is 9.88. The molecule has 3 aromatic rings. The summed E-state index contributed by atoms with van der Waals surface area (Å²) in [5, 5.41) is 1.95. The molecule has 2 saturated heterocycles. The monoisotopic (exact) mass is 476 g/mol. The molecule has 0 saturated carbocycles. The van der Waals surface area contributed by atoms with Crippen molar-refractivity contribution in [2.24, 2.45) is 5.73 Å². The van der Waals surface area contributed by atoms with Gasteiger partial charge in [0.25, 0.3) is 0 Å². The van der Waals surface area contributed by atoms with E-state index in [0.717, 1.165) is 4.88 Å². The van der Waals surface area contributed by atoms with Crippen LogP contribution in [-0.4, -0.2) is 47.8 Å². The highest BCUT2D eigenvalue weighted by atomic mass is 32.1. The summed E-state index contributed by atoms with van der Waals surface area (Å²) < 4.78 is 11.6. The van der Waals surface area contributed by atoms with Crippen molar-refractivity contribution in [3.63, 3.8) is 0 Å². The summed E-state index contributed by atoms with van der Waals surface area (Å²) in [6, 6.07) is 17.6. The third-order valence-electron chi connectivity index (χ3n) is 6.32.